The van der Waals surface area contributed by atoms with Gasteiger partial charge in [0.1, 0.15) is 5.69 Å². The molecular weight excluding hydrogens is 276 g/mol. The fourth-order valence-electron chi connectivity index (χ4n) is 2.51. The number of carbonyl (C=O) groups excluding carboxylic acids is 1. The average molecular weight is 294 g/mol. The molecule has 5 heteroatoms. The second-order valence-electron chi connectivity index (χ2n) is 5.16. The van der Waals surface area contributed by atoms with Crippen LogP contribution in [0.1, 0.15) is 36.1 Å². The van der Waals surface area contributed by atoms with Crippen molar-refractivity contribution in [3.05, 3.63) is 60.0 Å². The van der Waals surface area contributed by atoms with Crippen molar-refractivity contribution in [3.63, 3.8) is 0 Å². The molecule has 1 aromatic carbocycles. The third-order valence-electron chi connectivity index (χ3n) is 3.67. The molecule has 0 fully saturated rings. The number of hydrogen-bond acceptors (Lipinski definition) is 3. The van der Waals surface area contributed by atoms with E-state index < -0.39 is 0 Å². The van der Waals surface area contributed by atoms with E-state index >= 15 is 0 Å². The third kappa shape index (κ3) is 2.70. The minimum absolute atomic E-state index is 0.122. The highest BCUT2D eigenvalue weighted by Gasteiger charge is 2.15. The second kappa shape index (κ2) is 5.97. The van der Waals surface area contributed by atoms with Gasteiger partial charge in [-0.15, -0.1) is 0 Å². The first-order valence-corrected chi connectivity index (χ1v) is 7.37. The zero-order valence-electron chi connectivity index (χ0n) is 12.7. The number of carbonyl (C=O) groups is 1. The van der Waals surface area contributed by atoms with Gasteiger partial charge in [0, 0.05) is 18.1 Å². The van der Waals surface area contributed by atoms with Crippen LogP contribution in [0.15, 0.2) is 48.7 Å². The van der Waals surface area contributed by atoms with Crippen molar-refractivity contribution in [1.82, 2.24) is 20.1 Å². The maximum atomic E-state index is 12.4. The Hall–Kier alpha value is -2.69. The van der Waals surface area contributed by atoms with E-state index in [4.69, 9.17) is 0 Å². The van der Waals surface area contributed by atoms with Gasteiger partial charge in [-0.3, -0.25) is 9.48 Å². The maximum absolute atomic E-state index is 12.4. The van der Waals surface area contributed by atoms with Gasteiger partial charge in [-0.25, -0.2) is 4.98 Å². The van der Waals surface area contributed by atoms with Gasteiger partial charge < -0.3 is 5.32 Å². The number of hydrogen-bond donors (Lipinski definition) is 1. The summed E-state index contributed by atoms with van der Waals surface area (Å²) in [5, 5.41) is 8.23. The Morgan fingerprint density at radius 1 is 1.23 bits per heavy atom. The molecule has 0 spiro atoms. The summed E-state index contributed by atoms with van der Waals surface area (Å²) in [6.45, 7) is 4.74. The Morgan fingerprint density at radius 2 is 2.05 bits per heavy atom. The number of para-hydroxylation sites is 1. The second-order valence-corrected chi connectivity index (χ2v) is 5.16. The Bertz CT molecular complexity index is 809. The van der Waals surface area contributed by atoms with Gasteiger partial charge in [-0.1, -0.05) is 24.3 Å². The SMILES string of the molecule is CCn1nccc1C(C)NC(=O)c1ccc2ccccc2n1. The quantitative estimate of drug-likeness (QED) is 0.805. The van der Waals surface area contributed by atoms with Crippen molar-refractivity contribution in [2.45, 2.75) is 26.4 Å². The van der Waals surface area contributed by atoms with Crippen LogP contribution in [0.25, 0.3) is 10.9 Å². The monoisotopic (exact) mass is 294 g/mol. The van der Waals surface area contributed by atoms with Crippen molar-refractivity contribution >= 4 is 16.8 Å². The standard InChI is InChI=1S/C17H18N4O/c1-3-21-16(10-11-18-21)12(2)19-17(22)15-9-8-13-6-4-5-7-14(13)20-15/h4-12H,3H2,1-2H3,(H,19,22). The first-order chi connectivity index (χ1) is 10.7. The minimum Gasteiger partial charge on any atom is -0.343 e. The maximum Gasteiger partial charge on any atom is 0.270 e. The molecule has 5 nitrogen and oxygen atoms in total. The van der Waals surface area contributed by atoms with Gasteiger partial charge in [0.05, 0.1) is 17.3 Å². The van der Waals surface area contributed by atoms with E-state index in [1.54, 1.807) is 12.3 Å². The molecule has 0 bridgehead atoms. The number of nitrogens with one attached hydrogen (secondary N) is 1. The van der Waals surface area contributed by atoms with E-state index in [2.05, 4.69) is 15.4 Å². The fraction of sp³-hybridized carbons (Fsp3) is 0.235. The van der Waals surface area contributed by atoms with Crippen LogP contribution in [0.4, 0.5) is 0 Å². The van der Waals surface area contributed by atoms with Crippen molar-refractivity contribution in [1.29, 1.82) is 0 Å². The van der Waals surface area contributed by atoms with Crippen LogP contribution >= 0.6 is 0 Å². The summed E-state index contributed by atoms with van der Waals surface area (Å²) in [6, 6.07) is 13.2. The lowest BCUT2D eigenvalue weighted by molar-refractivity contribution is 0.0933. The lowest BCUT2D eigenvalue weighted by atomic mass is 10.2. The highest BCUT2D eigenvalue weighted by molar-refractivity contribution is 5.95. The fourth-order valence-corrected chi connectivity index (χ4v) is 2.51. The molecule has 22 heavy (non-hydrogen) atoms. The van der Waals surface area contributed by atoms with E-state index in [9.17, 15) is 4.79 Å². The summed E-state index contributed by atoms with van der Waals surface area (Å²) < 4.78 is 1.87. The predicted octanol–water partition coefficient (Wildman–Crippen LogP) is 2.94. The summed E-state index contributed by atoms with van der Waals surface area (Å²) in [5.41, 5.74) is 2.23. The van der Waals surface area contributed by atoms with Crippen LogP contribution in [0.3, 0.4) is 0 Å². The predicted molar refractivity (Wildman–Crippen MR) is 85.5 cm³/mol. The van der Waals surface area contributed by atoms with E-state index in [1.165, 1.54) is 0 Å². The van der Waals surface area contributed by atoms with Crippen LogP contribution < -0.4 is 5.32 Å². The molecule has 0 radical (unpaired) electrons. The lowest BCUT2D eigenvalue weighted by Gasteiger charge is -2.15. The van der Waals surface area contributed by atoms with E-state index in [0.29, 0.717) is 5.69 Å². The molecule has 0 aliphatic heterocycles. The van der Waals surface area contributed by atoms with Gasteiger partial charge in [0.15, 0.2) is 0 Å². The summed E-state index contributed by atoms with van der Waals surface area (Å²) in [6.07, 6.45) is 1.75. The van der Waals surface area contributed by atoms with E-state index in [0.717, 1.165) is 23.1 Å². The van der Waals surface area contributed by atoms with E-state index in [1.807, 2.05) is 54.9 Å². The molecular formula is C17H18N4O. The highest BCUT2D eigenvalue weighted by atomic mass is 16.1. The molecule has 0 aliphatic carbocycles. The molecule has 2 heterocycles. The number of amides is 1. The van der Waals surface area contributed by atoms with Gasteiger partial charge in [-0.05, 0) is 32.0 Å². The van der Waals surface area contributed by atoms with E-state index in [-0.39, 0.29) is 11.9 Å². The molecule has 2 aromatic heterocycles. The zero-order chi connectivity index (χ0) is 15.5. The summed E-state index contributed by atoms with van der Waals surface area (Å²) in [5.74, 6) is -0.179. The number of rotatable bonds is 4. The molecule has 112 valence electrons. The zero-order valence-corrected chi connectivity index (χ0v) is 12.7. The summed E-state index contributed by atoms with van der Waals surface area (Å²) >= 11 is 0. The molecule has 3 rings (SSSR count). The molecule has 1 N–H and O–H groups in total. The van der Waals surface area contributed by atoms with Crippen molar-refractivity contribution < 1.29 is 4.79 Å². The molecule has 0 saturated carbocycles. The normalized spacial score (nSPS) is 12.3. The molecule has 3 aromatic rings. The third-order valence-corrected chi connectivity index (χ3v) is 3.67. The van der Waals surface area contributed by atoms with Gasteiger partial charge in [0.2, 0.25) is 0 Å². The summed E-state index contributed by atoms with van der Waals surface area (Å²) in [7, 11) is 0. The number of nitrogens with zero attached hydrogens (tertiary/aromatic N) is 3. The van der Waals surface area contributed by atoms with Crippen LogP contribution in [-0.4, -0.2) is 20.7 Å². The van der Waals surface area contributed by atoms with Gasteiger partial charge >= 0.3 is 0 Å². The molecule has 0 saturated heterocycles. The van der Waals surface area contributed by atoms with Gasteiger partial charge in [0.25, 0.3) is 5.91 Å². The first kappa shape index (κ1) is 14.3. The van der Waals surface area contributed by atoms with Crippen LogP contribution in [0, 0.1) is 0 Å². The Labute approximate surface area is 129 Å². The first-order valence-electron chi connectivity index (χ1n) is 7.37. The number of aromatic nitrogens is 3. The van der Waals surface area contributed by atoms with Crippen molar-refractivity contribution in [2.75, 3.05) is 0 Å². The molecule has 1 amide bonds. The number of fused-ring (bicyclic) bond motifs is 1. The lowest BCUT2D eigenvalue weighted by Crippen LogP contribution is -2.29. The van der Waals surface area contributed by atoms with Gasteiger partial charge in [-0.2, -0.15) is 5.10 Å². The summed E-state index contributed by atoms with van der Waals surface area (Å²) in [4.78, 5) is 16.8. The Morgan fingerprint density at radius 3 is 2.86 bits per heavy atom. The number of pyridine rings is 1. The smallest absolute Gasteiger partial charge is 0.270 e. The Kier molecular flexibility index (Phi) is 3.87. The van der Waals surface area contributed by atoms with Crippen LogP contribution in [-0.2, 0) is 6.54 Å². The topological polar surface area (TPSA) is 59.8 Å². The van der Waals surface area contributed by atoms with Crippen molar-refractivity contribution in [3.8, 4) is 0 Å². The highest BCUT2D eigenvalue weighted by Crippen LogP contribution is 2.14. The largest absolute Gasteiger partial charge is 0.343 e. The van der Waals surface area contributed by atoms with Crippen LogP contribution in [0.2, 0.25) is 0 Å². The van der Waals surface area contributed by atoms with Crippen molar-refractivity contribution in [2.24, 2.45) is 0 Å². The number of benzene rings is 1. The minimum atomic E-state index is -0.179. The van der Waals surface area contributed by atoms with Crippen LogP contribution in [0.5, 0.6) is 0 Å². The molecule has 1 unspecified atom stereocenters. The Balaban J connectivity index is 1.80. The average Bonchev–Trinajstić information content (AvgIpc) is 3.03. The molecule has 1 atom stereocenters. The molecule has 0 aliphatic rings. The number of aryl methyl sites for hydroxylation is 1.